The molecule has 2 atom stereocenters. The second kappa shape index (κ2) is 6.58. The van der Waals surface area contributed by atoms with Gasteiger partial charge in [0.25, 0.3) is 0 Å². The number of nitrogens with zero attached hydrogens (tertiary/aromatic N) is 4. The van der Waals surface area contributed by atoms with Gasteiger partial charge >= 0.3 is 0 Å². The second-order valence-electron chi connectivity index (χ2n) is 4.99. The number of hydrogen-bond donors (Lipinski definition) is 1. The summed E-state index contributed by atoms with van der Waals surface area (Å²) in [6, 6.07) is 3.74. The molecule has 0 bridgehead atoms. The maximum atomic E-state index is 9.32. The van der Waals surface area contributed by atoms with E-state index in [0.717, 1.165) is 12.1 Å². The Balaban J connectivity index is 2.05. The van der Waals surface area contributed by atoms with Crippen molar-refractivity contribution in [2.75, 3.05) is 13.6 Å². The van der Waals surface area contributed by atoms with Crippen LogP contribution in [0.2, 0.25) is 0 Å². The van der Waals surface area contributed by atoms with Crippen LogP contribution in [0, 0.1) is 0 Å². The molecule has 2 aromatic rings. The summed E-state index contributed by atoms with van der Waals surface area (Å²) >= 11 is 0. The molecule has 0 aliphatic carbocycles. The third kappa shape index (κ3) is 3.61. The molecule has 0 spiro atoms. The van der Waals surface area contributed by atoms with E-state index in [1.807, 2.05) is 26.1 Å². The molecule has 2 heterocycles. The fourth-order valence-corrected chi connectivity index (χ4v) is 1.79. The third-order valence-corrected chi connectivity index (χ3v) is 3.28. The summed E-state index contributed by atoms with van der Waals surface area (Å²) in [6.45, 7) is 4.55. The molecule has 2 rings (SSSR count). The zero-order valence-corrected chi connectivity index (χ0v) is 12.0. The van der Waals surface area contributed by atoms with Crippen LogP contribution in [-0.2, 0) is 0 Å². The van der Waals surface area contributed by atoms with E-state index >= 15 is 0 Å². The van der Waals surface area contributed by atoms with Crippen LogP contribution in [0.15, 0.2) is 29.0 Å². The Kier molecular flexibility index (Phi) is 4.81. The number of hydrogen-bond acceptors (Lipinski definition) is 6. The fraction of sp³-hybridized carbons (Fsp3) is 0.500. The van der Waals surface area contributed by atoms with E-state index in [2.05, 4.69) is 20.0 Å². The Labute approximate surface area is 118 Å². The highest BCUT2D eigenvalue weighted by Crippen LogP contribution is 2.21. The summed E-state index contributed by atoms with van der Waals surface area (Å²) in [6.07, 6.45) is 3.82. The molecule has 2 unspecified atom stereocenters. The Bertz CT molecular complexity index is 527. The summed E-state index contributed by atoms with van der Waals surface area (Å²) in [5, 5.41) is 13.3. The minimum absolute atomic E-state index is 0.00618. The van der Waals surface area contributed by atoms with Crippen LogP contribution >= 0.6 is 0 Å². The lowest BCUT2D eigenvalue weighted by atomic mass is 10.2. The van der Waals surface area contributed by atoms with E-state index in [0.29, 0.717) is 18.1 Å². The van der Waals surface area contributed by atoms with Gasteiger partial charge in [0, 0.05) is 24.5 Å². The summed E-state index contributed by atoms with van der Waals surface area (Å²) in [5.41, 5.74) is 0.835. The van der Waals surface area contributed by atoms with E-state index in [-0.39, 0.29) is 12.1 Å². The van der Waals surface area contributed by atoms with Gasteiger partial charge in [-0.15, -0.1) is 0 Å². The van der Waals surface area contributed by atoms with E-state index in [9.17, 15) is 5.11 Å². The Morgan fingerprint density at radius 1 is 1.40 bits per heavy atom. The Morgan fingerprint density at radius 3 is 2.85 bits per heavy atom. The molecule has 0 aliphatic rings. The molecule has 108 valence electrons. The SMILES string of the molecule is CC(O)CCN(C)C(C)c1nc(-c2cccnc2)no1. The lowest BCUT2D eigenvalue weighted by Crippen LogP contribution is -2.26. The molecular weight excluding hydrogens is 256 g/mol. The van der Waals surface area contributed by atoms with Gasteiger partial charge in [0.15, 0.2) is 0 Å². The monoisotopic (exact) mass is 276 g/mol. The molecule has 0 radical (unpaired) electrons. The van der Waals surface area contributed by atoms with Gasteiger partial charge in [-0.05, 0) is 39.4 Å². The highest BCUT2D eigenvalue weighted by molar-refractivity contribution is 5.51. The predicted octanol–water partition coefficient (Wildman–Crippen LogP) is 1.90. The molecular formula is C14H20N4O2. The van der Waals surface area contributed by atoms with Gasteiger partial charge in [-0.1, -0.05) is 5.16 Å². The average molecular weight is 276 g/mol. The molecule has 6 nitrogen and oxygen atoms in total. The van der Waals surface area contributed by atoms with Crippen LogP contribution in [-0.4, -0.2) is 44.8 Å². The first-order chi connectivity index (χ1) is 9.58. The normalized spacial score (nSPS) is 14.4. The summed E-state index contributed by atoms with van der Waals surface area (Å²) in [7, 11) is 1.97. The third-order valence-electron chi connectivity index (χ3n) is 3.28. The van der Waals surface area contributed by atoms with Gasteiger partial charge in [0.05, 0.1) is 12.1 Å². The molecule has 2 aromatic heterocycles. The van der Waals surface area contributed by atoms with E-state index in [1.54, 1.807) is 19.3 Å². The largest absolute Gasteiger partial charge is 0.393 e. The number of aromatic nitrogens is 3. The Morgan fingerprint density at radius 2 is 2.20 bits per heavy atom. The molecule has 20 heavy (non-hydrogen) atoms. The van der Waals surface area contributed by atoms with Crippen LogP contribution in [0.3, 0.4) is 0 Å². The number of aliphatic hydroxyl groups is 1. The van der Waals surface area contributed by atoms with Gasteiger partial charge in [-0.25, -0.2) is 0 Å². The van der Waals surface area contributed by atoms with Crippen molar-refractivity contribution in [2.24, 2.45) is 0 Å². The lowest BCUT2D eigenvalue weighted by Gasteiger charge is -2.21. The molecule has 0 saturated heterocycles. The molecule has 0 saturated carbocycles. The first kappa shape index (κ1) is 14.6. The van der Waals surface area contributed by atoms with Crippen molar-refractivity contribution in [3.05, 3.63) is 30.4 Å². The van der Waals surface area contributed by atoms with Gasteiger partial charge in [-0.2, -0.15) is 4.98 Å². The zero-order valence-electron chi connectivity index (χ0n) is 12.0. The van der Waals surface area contributed by atoms with E-state index < -0.39 is 0 Å². The molecule has 0 aliphatic heterocycles. The average Bonchev–Trinajstić information content (AvgIpc) is 2.94. The highest BCUT2D eigenvalue weighted by atomic mass is 16.5. The minimum Gasteiger partial charge on any atom is -0.393 e. The molecule has 0 fully saturated rings. The number of aliphatic hydroxyl groups excluding tert-OH is 1. The van der Waals surface area contributed by atoms with Crippen molar-refractivity contribution >= 4 is 0 Å². The van der Waals surface area contributed by atoms with E-state index in [4.69, 9.17) is 4.52 Å². The minimum atomic E-state index is -0.307. The summed E-state index contributed by atoms with van der Waals surface area (Å²) in [4.78, 5) is 10.5. The van der Waals surface area contributed by atoms with Crippen molar-refractivity contribution in [1.29, 1.82) is 0 Å². The zero-order chi connectivity index (χ0) is 14.5. The molecule has 0 amide bonds. The van der Waals surface area contributed by atoms with Crippen LogP contribution in [0.1, 0.15) is 32.2 Å². The summed E-state index contributed by atoms with van der Waals surface area (Å²) in [5.74, 6) is 1.11. The topological polar surface area (TPSA) is 75.3 Å². The lowest BCUT2D eigenvalue weighted by molar-refractivity contribution is 0.143. The van der Waals surface area contributed by atoms with Crippen molar-refractivity contribution < 1.29 is 9.63 Å². The predicted molar refractivity (Wildman–Crippen MR) is 74.9 cm³/mol. The quantitative estimate of drug-likeness (QED) is 0.868. The fourth-order valence-electron chi connectivity index (χ4n) is 1.79. The standard InChI is InChI=1S/C14H20N4O2/c1-10(19)6-8-18(3)11(2)14-16-13(17-20-14)12-5-4-7-15-9-12/h4-5,7,9-11,19H,6,8H2,1-3H3. The first-order valence-corrected chi connectivity index (χ1v) is 6.70. The van der Waals surface area contributed by atoms with Crippen molar-refractivity contribution in [3.8, 4) is 11.4 Å². The van der Waals surface area contributed by atoms with Crippen LogP contribution < -0.4 is 0 Å². The maximum Gasteiger partial charge on any atom is 0.244 e. The van der Waals surface area contributed by atoms with Crippen LogP contribution in [0.5, 0.6) is 0 Å². The van der Waals surface area contributed by atoms with Crippen molar-refractivity contribution in [1.82, 2.24) is 20.0 Å². The molecule has 0 aromatic carbocycles. The number of pyridine rings is 1. The smallest absolute Gasteiger partial charge is 0.244 e. The van der Waals surface area contributed by atoms with Crippen LogP contribution in [0.25, 0.3) is 11.4 Å². The van der Waals surface area contributed by atoms with Crippen molar-refractivity contribution in [2.45, 2.75) is 32.4 Å². The van der Waals surface area contributed by atoms with Gasteiger partial charge in [0.2, 0.25) is 11.7 Å². The van der Waals surface area contributed by atoms with Gasteiger partial charge < -0.3 is 9.63 Å². The van der Waals surface area contributed by atoms with Gasteiger partial charge in [0.1, 0.15) is 0 Å². The summed E-state index contributed by atoms with van der Waals surface area (Å²) < 4.78 is 5.32. The van der Waals surface area contributed by atoms with Crippen molar-refractivity contribution in [3.63, 3.8) is 0 Å². The van der Waals surface area contributed by atoms with E-state index in [1.165, 1.54) is 0 Å². The maximum absolute atomic E-state index is 9.32. The molecule has 6 heteroatoms. The highest BCUT2D eigenvalue weighted by Gasteiger charge is 2.19. The first-order valence-electron chi connectivity index (χ1n) is 6.70. The molecule has 1 N–H and O–H groups in total. The Hall–Kier alpha value is -1.79. The second-order valence-corrected chi connectivity index (χ2v) is 4.99. The van der Waals surface area contributed by atoms with Crippen LogP contribution in [0.4, 0.5) is 0 Å². The van der Waals surface area contributed by atoms with Gasteiger partial charge in [-0.3, -0.25) is 9.88 Å². The number of rotatable bonds is 6.